The van der Waals surface area contributed by atoms with E-state index < -0.39 is 0 Å². The van der Waals surface area contributed by atoms with Crippen LogP contribution in [0.15, 0.2) is 5.38 Å². The summed E-state index contributed by atoms with van der Waals surface area (Å²) in [5, 5.41) is 9.61. The predicted octanol–water partition coefficient (Wildman–Crippen LogP) is 3.57. The average molecular weight is 305 g/mol. The van der Waals surface area contributed by atoms with Gasteiger partial charge >= 0.3 is 6.03 Å². The lowest BCUT2D eigenvalue weighted by molar-refractivity contribution is 0.230. The van der Waals surface area contributed by atoms with Crippen LogP contribution in [0.2, 0.25) is 0 Å². The summed E-state index contributed by atoms with van der Waals surface area (Å²) in [7, 11) is 0. The Morgan fingerprint density at radius 1 is 1.19 bits per heavy atom. The highest BCUT2D eigenvalue weighted by molar-refractivity contribution is 7.09. The largest absolute Gasteiger partial charge is 0.335 e. The summed E-state index contributed by atoms with van der Waals surface area (Å²) in [5.41, 5.74) is 1.01. The van der Waals surface area contributed by atoms with Crippen LogP contribution in [0, 0.1) is 11.8 Å². The van der Waals surface area contributed by atoms with E-state index in [0.717, 1.165) is 17.5 Å². The van der Waals surface area contributed by atoms with Crippen molar-refractivity contribution in [1.82, 2.24) is 15.6 Å². The van der Waals surface area contributed by atoms with E-state index in [4.69, 9.17) is 0 Å². The highest BCUT2D eigenvalue weighted by Crippen LogP contribution is 2.44. The maximum Gasteiger partial charge on any atom is 0.315 e. The second-order valence-corrected chi connectivity index (χ2v) is 7.81. The number of amides is 2. The molecule has 3 aliphatic carbocycles. The molecule has 0 radical (unpaired) electrons. The topological polar surface area (TPSA) is 54.0 Å². The lowest BCUT2D eigenvalue weighted by Gasteiger charge is -2.20. The molecule has 4 nitrogen and oxygen atoms in total. The van der Waals surface area contributed by atoms with Gasteiger partial charge in [-0.15, -0.1) is 11.3 Å². The Morgan fingerprint density at radius 2 is 1.86 bits per heavy atom. The van der Waals surface area contributed by atoms with Gasteiger partial charge in [0.15, 0.2) is 0 Å². The number of hydrogen-bond donors (Lipinski definition) is 2. The molecule has 1 unspecified atom stereocenters. The van der Waals surface area contributed by atoms with Crippen molar-refractivity contribution >= 4 is 17.4 Å². The molecule has 3 aliphatic rings. The Bertz CT molecular complexity index is 519. The minimum atomic E-state index is -0.0210. The number of aromatic nitrogens is 1. The second kappa shape index (κ2) is 5.27. The number of carbonyl (C=O) groups is 1. The van der Waals surface area contributed by atoms with Crippen LogP contribution in [0.5, 0.6) is 0 Å². The first-order valence-electron chi connectivity index (χ1n) is 8.23. The molecule has 0 aromatic carbocycles. The van der Waals surface area contributed by atoms with E-state index in [0.29, 0.717) is 12.0 Å². The van der Waals surface area contributed by atoms with E-state index in [2.05, 4.69) is 21.0 Å². The van der Waals surface area contributed by atoms with Gasteiger partial charge in [-0.05, 0) is 57.3 Å². The summed E-state index contributed by atoms with van der Waals surface area (Å²) in [5.74, 6) is 2.16. The van der Waals surface area contributed by atoms with E-state index in [1.54, 1.807) is 11.3 Å². The Kier molecular flexibility index (Phi) is 3.40. The first-order valence-corrected chi connectivity index (χ1v) is 9.11. The molecule has 0 spiro atoms. The maximum absolute atomic E-state index is 12.2. The Morgan fingerprint density at radius 3 is 2.43 bits per heavy atom. The zero-order chi connectivity index (χ0) is 14.4. The van der Waals surface area contributed by atoms with E-state index in [1.807, 2.05) is 6.92 Å². The molecule has 4 rings (SSSR count). The zero-order valence-electron chi connectivity index (χ0n) is 12.5. The minimum Gasteiger partial charge on any atom is -0.335 e. The van der Waals surface area contributed by atoms with Gasteiger partial charge in [0, 0.05) is 17.3 Å². The van der Waals surface area contributed by atoms with Crippen molar-refractivity contribution in [3.8, 4) is 0 Å². The Balaban J connectivity index is 1.32. The second-order valence-electron chi connectivity index (χ2n) is 6.93. The number of nitrogens with one attached hydrogen (secondary N) is 2. The minimum absolute atomic E-state index is 0.00666. The molecule has 5 heteroatoms. The number of thiazole rings is 1. The van der Waals surface area contributed by atoms with Gasteiger partial charge < -0.3 is 10.6 Å². The molecular formula is C16H23N3OS. The number of hydrogen-bond acceptors (Lipinski definition) is 3. The molecule has 1 aromatic heterocycles. The van der Waals surface area contributed by atoms with Gasteiger partial charge in [-0.2, -0.15) is 0 Å². The van der Waals surface area contributed by atoms with E-state index >= 15 is 0 Å². The van der Waals surface area contributed by atoms with Crippen LogP contribution >= 0.6 is 11.3 Å². The monoisotopic (exact) mass is 305 g/mol. The summed E-state index contributed by atoms with van der Waals surface area (Å²) in [6, 6.07) is 0.384. The first kappa shape index (κ1) is 13.6. The summed E-state index contributed by atoms with van der Waals surface area (Å²) >= 11 is 1.74. The zero-order valence-corrected chi connectivity index (χ0v) is 13.3. The lowest BCUT2D eigenvalue weighted by atomic mass is 10.1. The Hall–Kier alpha value is -1.10. The van der Waals surface area contributed by atoms with Crippen molar-refractivity contribution in [2.24, 2.45) is 11.8 Å². The summed E-state index contributed by atoms with van der Waals surface area (Å²) < 4.78 is 0. The van der Waals surface area contributed by atoms with Gasteiger partial charge in [0.2, 0.25) is 0 Å². The van der Waals surface area contributed by atoms with Crippen molar-refractivity contribution in [2.75, 3.05) is 0 Å². The third-order valence-corrected chi connectivity index (χ3v) is 5.84. The van der Waals surface area contributed by atoms with Gasteiger partial charge in [0.05, 0.1) is 16.7 Å². The van der Waals surface area contributed by atoms with Gasteiger partial charge in [0.1, 0.15) is 0 Å². The molecule has 1 atom stereocenters. The van der Waals surface area contributed by atoms with Crippen LogP contribution in [-0.4, -0.2) is 17.1 Å². The molecular weight excluding hydrogens is 282 g/mol. The Labute approximate surface area is 129 Å². The number of urea groups is 1. The van der Waals surface area contributed by atoms with Gasteiger partial charge in [0.25, 0.3) is 0 Å². The number of rotatable bonds is 6. The van der Waals surface area contributed by atoms with E-state index in [1.165, 1.54) is 43.5 Å². The number of carbonyl (C=O) groups excluding carboxylic acids is 1. The fraction of sp³-hybridized carbons (Fsp3) is 0.750. The molecule has 3 saturated carbocycles. The average Bonchev–Trinajstić information content (AvgIpc) is 3.33. The van der Waals surface area contributed by atoms with Crippen molar-refractivity contribution in [3.05, 3.63) is 16.1 Å². The third kappa shape index (κ3) is 3.23. The van der Waals surface area contributed by atoms with Crippen LogP contribution in [0.3, 0.4) is 0 Å². The van der Waals surface area contributed by atoms with Crippen LogP contribution in [-0.2, 0) is 0 Å². The lowest BCUT2D eigenvalue weighted by Crippen LogP contribution is -2.45. The SMILES string of the molecule is CC(NC(=O)NC(C1CC1)C1CC1)c1csc(C2CC2)n1. The molecule has 0 bridgehead atoms. The van der Waals surface area contributed by atoms with Crippen molar-refractivity contribution < 1.29 is 4.79 Å². The molecule has 21 heavy (non-hydrogen) atoms. The van der Waals surface area contributed by atoms with Gasteiger partial charge in [-0.1, -0.05) is 0 Å². The molecule has 114 valence electrons. The predicted molar refractivity (Wildman–Crippen MR) is 83.4 cm³/mol. The molecule has 2 N–H and O–H groups in total. The highest BCUT2D eigenvalue weighted by Gasteiger charge is 2.42. The van der Waals surface area contributed by atoms with Crippen LogP contribution in [0.4, 0.5) is 4.79 Å². The molecule has 0 saturated heterocycles. The van der Waals surface area contributed by atoms with Gasteiger partial charge in [-0.3, -0.25) is 0 Å². The molecule has 0 aliphatic heterocycles. The smallest absolute Gasteiger partial charge is 0.315 e. The fourth-order valence-electron chi connectivity index (χ4n) is 3.01. The maximum atomic E-state index is 12.2. The standard InChI is InChI=1S/C16H23N3OS/c1-9(13-8-21-15(18-13)12-6-7-12)17-16(20)19-14(10-2-3-10)11-4-5-11/h8-12,14H,2-7H2,1H3,(H2,17,19,20). The fourth-order valence-corrected chi connectivity index (χ4v) is 4.10. The quantitative estimate of drug-likeness (QED) is 0.844. The molecule has 1 aromatic rings. The van der Waals surface area contributed by atoms with Crippen molar-refractivity contribution in [3.63, 3.8) is 0 Å². The van der Waals surface area contributed by atoms with Crippen molar-refractivity contribution in [2.45, 2.75) is 63.5 Å². The third-order valence-electron chi connectivity index (χ3n) is 4.82. The molecule has 2 amide bonds. The number of nitrogens with zero attached hydrogens (tertiary/aromatic N) is 1. The summed E-state index contributed by atoms with van der Waals surface area (Å²) in [6.45, 7) is 2.02. The first-order chi connectivity index (χ1) is 10.2. The highest BCUT2D eigenvalue weighted by atomic mass is 32.1. The van der Waals surface area contributed by atoms with Crippen molar-refractivity contribution in [1.29, 1.82) is 0 Å². The molecule has 1 heterocycles. The van der Waals surface area contributed by atoms with Crippen LogP contribution in [0.25, 0.3) is 0 Å². The van der Waals surface area contributed by atoms with E-state index in [9.17, 15) is 4.79 Å². The van der Waals surface area contributed by atoms with E-state index in [-0.39, 0.29) is 12.1 Å². The van der Waals surface area contributed by atoms with Crippen LogP contribution < -0.4 is 10.6 Å². The van der Waals surface area contributed by atoms with Crippen LogP contribution in [0.1, 0.15) is 68.1 Å². The summed E-state index contributed by atoms with van der Waals surface area (Å²) in [6.07, 6.45) is 7.70. The van der Waals surface area contributed by atoms with Gasteiger partial charge in [-0.25, -0.2) is 9.78 Å². The normalized spacial score (nSPS) is 23.1. The summed E-state index contributed by atoms with van der Waals surface area (Å²) in [4.78, 5) is 16.9. The molecule has 3 fully saturated rings.